The zero-order valence-electron chi connectivity index (χ0n) is 12.8. The highest BCUT2D eigenvalue weighted by Crippen LogP contribution is 2.39. The van der Waals surface area contributed by atoms with Gasteiger partial charge in [-0.15, -0.1) is 0 Å². The van der Waals surface area contributed by atoms with Gasteiger partial charge in [-0.2, -0.15) is 4.31 Å². The van der Waals surface area contributed by atoms with Gasteiger partial charge in [0.15, 0.2) is 0 Å². The number of benzene rings is 1. The first-order valence-electron chi connectivity index (χ1n) is 7.31. The van der Waals surface area contributed by atoms with Crippen molar-refractivity contribution in [1.29, 1.82) is 0 Å². The van der Waals surface area contributed by atoms with E-state index in [-0.39, 0.29) is 10.3 Å². The van der Waals surface area contributed by atoms with Crippen molar-refractivity contribution in [3.05, 3.63) is 23.5 Å². The molecular formula is C15H23FN2O2S. The summed E-state index contributed by atoms with van der Waals surface area (Å²) in [4.78, 5) is -0.311. The molecule has 0 radical (unpaired) electrons. The first-order chi connectivity index (χ1) is 9.75. The fraction of sp³-hybridized carbons (Fsp3) is 0.600. The van der Waals surface area contributed by atoms with E-state index in [0.29, 0.717) is 24.3 Å². The summed E-state index contributed by atoms with van der Waals surface area (Å²) in [6.45, 7) is 6.70. The largest absolute Gasteiger partial charge is 0.398 e. The quantitative estimate of drug-likeness (QED) is 0.869. The molecule has 1 heterocycles. The third-order valence-electron chi connectivity index (χ3n) is 4.84. The Hall–Kier alpha value is -1.14. The van der Waals surface area contributed by atoms with Crippen LogP contribution < -0.4 is 5.73 Å². The summed E-state index contributed by atoms with van der Waals surface area (Å²) in [5.41, 5.74) is 6.60. The minimum atomic E-state index is -3.82. The second kappa shape index (κ2) is 5.57. The standard InChI is InChI=1S/C15H23FN2O2S/c1-4-15(5-2)6-7-18(10-15)21(19,20)14-9-13(17)11(3)8-12(14)16/h8-9H,4-7,10,17H2,1-3H3. The fourth-order valence-electron chi connectivity index (χ4n) is 2.93. The smallest absolute Gasteiger partial charge is 0.246 e. The number of hydrogen-bond donors (Lipinski definition) is 1. The molecule has 1 saturated heterocycles. The molecule has 0 aliphatic carbocycles. The number of aryl methyl sites for hydroxylation is 1. The van der Waals surface area contributed by atoms with Gasteiger partial charge in [0.2, 0.25) is 10.0 Å². The van der Waals surface area contributed by atoms with Crippen LogP contribution in [0.4, 0.5) is 10.1 Å². The lowest BCUT2D eigenvalue weighted by Gasteiger charge is -2.26. The van der Waals surface area contributed by atoms with Crippen LogP contribution in [0.3, 0.4) is 0 Å². The number of hydrogen-bond acceptors (Lipinski definition) is 3. The molecule has 118 valence electrons. The highest BCUT2D eigenvalue weighted by Gasteiger charge is 2.41. The molecule has 0 aromatic heterocycles. The van der Waals surface area contributed by atoms with Gasteiger partial charge in [0.05, 0.1) is 0 Å². The Labute approximate surface area is 126 Å². The zero-order chi connectivity index (χ0) is 15.8. The van der Waals surface area contributed by atoms with Gasteiger partial charge >= 0.3 is 0 Å². The van der Waals surface area contributed by atoms with E-state index in [9.17, 15) is 12.8 Å². The van der Waals surface area contributed by atoms with Crippen LogP contribution in [0.5, 0.6) is 0 Å². The van der Waals surface area contributed by atoms with Gasteiger partial charge in [0, 0.05) is 18.8 Å². The summed E-state index contributed by atoms with van der Waals surface area (Å²) < 4.78 is 40.8. The van der Waals surface area contributed by atoms with Crippen LogP contribution in [0.25, 0.3) is 0 Å². The summed E-state index contributed by atoms with van der Waals surface area (Å²) in [6, 6.07) is 2.42. The predicted octanol–water partition coefficient (Wildman–Crippen LogP) is 2.92. The van der Waals surface area contributed by atoms with Crippen LogP contribution in [-0.4, -0.2) is 25.8 Å². The molecule has 0 spiro atoms. The lowest BCUT2D eigenvalue weighted by atomic mass is 9.82. The van der Waals surface area contributed by atoms with Gasteiger partial charge in [-0.1, -0.05) is 13.8 Å². The Bertz CT molecular complexity index is 639. The monoisotopic (exact) mass is 314 g/mol. The molecule has 0 bridgehead atoms. The van der Waals surface area contributed by atoms with Crippen LogP contribution in [0, 0.1) is 18.2 Å². The van der Waals surface area contributed by atoms with E-state index in [4.69, 9.17) is 5.73 Å². The molecule has 0 unspecified atom stereocenters. The van der Waals surface area contributed by atoms with Crippen molar-refractivity contribution in [2.24, 2.45) is 5.41 Å². The normalized spacial score (nSPS) is 19.0. The number of sulfonamides is 1. The number of rotatable bonds is 4. The van der Waals surface area contributed by atoms with E-state index in [2.05, 4.69) is 13.8 Å². The van der Waals surface area contributed by atoms with E-state index >= 15 is 0 Å². The summed E-state index contributed by atoms with van der Waals surface area (Å²) in [6.07, 6.45) is 2.67. The van der Waals surface area contributed by atoms with Crippen molar-refractivity contribution in [3.63, 3.8) is 0 Å². The Morgan fingerprint density at radius 2 is 1.95 bits per heavy atom. The zero-order valence-corrected chi connectivity index (χ0v) is 13.6. The van der Waals surface area contributed by atoms with Crippen molar-refractivity contribution in [1.82, 2.24) is 4.31 Å². The van der Waals surface area contributed by atoms with Crippen LogP contribution in [0.1, 0.15) is 38.7 Å². The minimum absolute atomic E-state index is 0.0137. The third kappa shape index (κ3) is 2.79. The van der Waals surface area contributed by atoms with Crippen molar-refractivity contribution in [3.8, 4) is 0 Å². The number of nitrogens with zero attached hydrogens (tertiary/aromatic N) is 1. The summed E-state index contributed by atoms with van der Waals surface area (Å²) >= 11 is 0. The number of halogens is 1. The average molecular weight is 314 g/mol. The van der Waals surface area contributed by atoms with Gasteiger partial charge in [0.1, 0.15) is 10.7 Å². The SMILES string of the molecule is CCC1(CC)CCN(S(=O)(=O)c2cc(N)c(C)cc2F)C1. The highest BCUT2D eigenvalue weighted by molar-refractivity contribution is 7.89. The molecule has 0 amide bonds. The van der Waals surface area contributed by atoms with Crippen LogP contribution >= 0.6 is 0 Å². The molecule has 1 aromatic rings. The summed E-state index contributed by atoms with van der Waals surface area (Å²) in [5, 5.41) is 0. The maximum atomic E-state index is 14.1. The minimum Gasteiger partial charge on any atom is -0.398 e. The van der Waals surface area contributed by atoms with Gasteiger partial charge in [0.25, 0.3) is 0 Å². The molecule has 6 heteroatoms. The second-order valence-electron chi connectivity index (χ2n) is 5.93. The molecule has 21 heavy (non-hydrogen) atoms. The Kier molecular flexibility index (Phi) is 4.31. The Morgan fingerprint density at radius 1 is 1.33 bits per heavy atom. The van der Waals surface area contributed by atoms with Crippen molar-refractivity contribution in [2.45, 2.75) is 44.9 Å². The Balaban J connectivity index is 2.38. The molecule has 4 nitrogen and oxygen atoms in total. The topological polar surface area (TPSA) is 63.4 Å². The average Bonchev–Trinajstić information content (AvgIpc) is 2.88. The molecule has 2 rings (SSSR count). The number of nitrogen functional groups attached to an aromatic ring is 1. The molecule has 1 fully saturated rings. The molecule has 1 aliphatic rings. The van der Waals surface area contributed by atoms with Crippen molar-refractivity contribution >= 4 is 15.7 Å². The number of anilines is 1. The lowest BCUT2D eigenvalue weighted by molar-refractivity contribution is 0.279. The predicted molar refractivity (Wildman–Crippen MR) is 81.9 cm³/mol. The van der Waals surface area contributed by atoms with Crippen molar-refractivity contribution < 1.29 is 12.8 Å². The molecule has 0 saturated carbocycles. The number of nitrogens with two attached hydrogens (primary N) is 1. The second-order valence-corrected chi connectivity index (χ2v) is 7.84. The fourth-order valence-corrected chi connectivity index (χ4v) is 4.57. The summed E-state index contributed by atoms with van der Waals surface area (Å²) in [5.74, 6) is -0.729. The highest BCUT2D eigenvalue weighted by atomic mass is 32.2. The molecular weight excluding hydrogens is 291 g/mol. The van der Waals surface area contributed by atoms with Crippen molar-refractivity contribution in [2.75, 3.05) is 18.8 Å². The first-order valence-corrected chi connectivity index (χ1v) is 8.75. The van der Waals surface area contributed by atoms with E-state index in [1.54, 1.807) is 6.92 Å². The Morgan fingerprint density at radius 3 is 2.48 bits per heavy atom. The molecule has 2 N–H and O–H groups in total. The van der Waals surface area contributed by atoms with Crippen LogP contribution in [-0.2, 0) is 10.0 Å². The van der Waals surface area contributed by atoms with Gasteiger partial charge in [-0.25, -0.2) is 12.8 Å². The van der Waals surface area contributed by atoms with E-state index in [1.807, 2.05) is 0 Å². The van der Waals surface area contributed by atoms with Gasteiger partial charge < -0.3 is 5.73 Å². The van der Waals surface area contributed by atoms with Gasteiger partial charge in [-0.3, -0.25) is 0 Å². The van der Waals surface area contributed by atoms with E-state index in [1.165, 1.54) is 16.4 Å². The van der Waals surface area contributed by atoms with Crippen LogP contribution in [0.2, 0.25) is 0 Å². The maximum absolute atomic E-state index is 14.1. The maximum Gasteiger partial charge on any atom is 0.246 e. The van der Waals surface area contributed by atoms with E-state index in [0.717, 1.165) is 19.3 Å². The molecule has 0 atom stereocenters. The van der Waals surface area contributed by atoms with Crippen LogP contribution in [0.15, 0.2) is 17.0 Å². The molecule has 1 aliphatic heterocycles. The lowest BCUT2D eigenvalue weighted by Crippen LogP contribution is -2.32. The van der Waals surface area contributed by atoms with Gasteiger partial charge in [-0.05, 0) is 49.3 Å². The first kappa shape index (κ1) is 16.2. The summed E-state index contributed by atoms with van der Waals surface area (Å²) in [7, 11) is -3.82. The third-order valence-corrected chi connectivity index (χ3v) is 6.70. The van der Waals surface area contributed by atoms with E-state index < -0.39 is 15.8 Å². The molecule has 1 aromatic carbocycles.